The number of nitrogens with zero attached hydrogens (tertiary/aromatic N) is 3. The van der Waals surface area contributed by atoms with Gasteiger partial charge in [-0.2, -0.15) is 0 Å². The summed E-state index contributed by atoms with van der Waals surface area (Å²) in [6.45, 7) is 0.378. The van der Waals surface area contributed by atoms with Crippen molar-refractivity contribution in [3.63, 3.8) is 0 Å². The molecule has 1 saturated carbocycles. The third kappa shape index (κ3) is 2.38. The molecule has 1 N–H and O–H groups in total. The molecular weight excluding hydrogens is 226 g/mol. The standard InChI is InChI=1S/C10H15N3O2S/c1-13(7-10(15)4-2-3-5-10)9(14)8-6-16-12-11-8/h6,15H,2-5,7H2,1H3. The molecule has 0 saturated heterocycles. The second kappa shape index (κ2) is 4.47. The first-order valence-corrected chi connectivity index (χ1v) is 6.19. The number of aliphatic hydroxyl groups is 1. The monoisotopic (exact) mass is 241 g/mol. The number of carbonyl (C=O) groups excluding carboxylic acids is 1. The predicted octanol–water partition coefficient (Wildman–Crippen LogP) is 0.915. The summed E-state index contributed by atoms with van der Waals surface area (Å²) in [5.74, 6) is -0.172. The van der Waals surface area contributed by atoms with Crippen LogP contribution in [0.5, 0.6) is 0 Å². The van der Waals surface area contributed by atoms with Crippen LogP contribution in [0.2, 0.25) is 0 Å². The van der Waals surface area contributed by atoms with Crippen LogP contribution < -0.4 is 0 Å². The lowest BCUT2D eigenvalue weighted by molar-refractivity contribution is 0.0155. The van der Waals surface area contributed by atoms with E-state index in [1.54, 1.807) is 12.4 Å². The minimum atomic E-state index is -0.701. The Balaban J connectivity index is 1.97. The van der Waals surface area contributed by atoms with Gasteiger partial charge < -0.3 is 10.0 Å². The third-order valence-corrected chi connectivity index (χ3v) is 3.50. The minimum Gasteiger partial charge on any atom is -0.388 e. The van der Waals surface area contributed by atoms with Crippen LogP contribution in [0.1, 0.15) is 36.2 Å². The van der Waals surface area contributed by atoms with Crippen molar-refractivity contribution in [3.8, 4) is 0 Å². The van der Waals surface area contributed by atoms with Crippen molar-refractivity contribution in [2.45, 2.75) is 31.3 Å². The molecule has 0 radical (unpaired) electrons. The van der Waals surface area contributed by atoms with Gasteiger partial charge in [0, 0.05) is 19.0 Å². The van der Waals surface area contributed by atoms with Crippen molar-refractivity contribution in [2.75, 3.05) is 13.6 Å². The van der Waals surface area contributed by atoms with E-state index in [0.29, 0.717) is 12.2 Å². The number of hydrogen-bond donors (Lipinski definition) is 1. The highest BCUT2D eigenvalue weighted by Crippen LogP contribution is 2.30. The Morgan fingerprint density at radius 1 is 1.62 bits per heavy atom. The summed E-state index contributed by atoms with van der Waals surface area (Å²) in [7, 11) is 1.69. The van der Waals surface area contributed by atoms with E-state index in [1.165, 1.54) is 4.90 Å². The zero-order chi connectivity index (χ0) is 11.6. The van der Waals surface area contributed by atoms with Gasteiger partial charge in [0.25, 0.3) is 5.91 Å². The van der Waals surface area contributed by atoms with E-state index in [9.17, 15) is 9.90 Å². The molecule has 1 amide bonds. The molecule has 0 bridgehead atoms. The maximum Gasteiger partial charge on any atom is 0.275 e. The summed E-state index contributed by atoms with van der Waals surface area (Å²) in [4.78, 5) is 13.4. The van der Waals surface area contributed by atoms with Crippen LogP contribution in [0.4, 0.5) is 0 Å². The van der Waals surface area contributed by atoms with Gasteiger partial charge in [0.15, 0.2) is 5.69 Å². The lowest BCUT2D eigenvalue weighted by atomic mass is 10.0. The molecule has 1 aliphatic carbocycles. The maximum atomic E-state index is 11.9. The maximum absolute atomic E-state index is 11.9. The molecular formula is C10H15N3O2S. The van der Waals surface area contributed by atoms with Gasteiger partial charge in [-0.25, -0.2) is 0 Å². The molecule has 1 heterocycles. The SMILES string of the molecule is CN(CC1(O)CCCC1)C(=O)c1csnn1. The van der Waals surface area contributed by atoms with Crippen molar-refractivity contribution < 1.29 is 9.90 Å². The lowest BCUT2D eigenvalue weighted by Crippen LogP contribution is -2.42. The molecule has 1 fully saturated rings. The Morgan fingerprint density at radius 2 is 2.31 bits per heavy atom. The van der Waals surface area contributed by atoms with Gasteiger partial charge in [-0.15, -0.1) is 5.10 Å². The van der Waals surface area contributed by atoms with E-state index in [4.69, 9.17) is 0 Å². The van der Waals surface area contributed by atoms with Gasteiger partial charge in [-0.3, -0.25) is 4.79 Å². The van der Waals surface area contributed by atoms with Crippen LogP contribution in [0, 0.1) is 0 Å². The Bertz CT molecular complexity index is 360. The number of carbonyl (C=O) groups is 1. The number of likely N-dealkylation sites (N-methyl/N-ethyl adjacent to an activating group) is 1. The summed E-state index contributed by atoms with van der Waals surface area (Å²) in [5, 5.41) is 15.5. The molecule has 0 atom stereocenters. The molecule has 1 aliphatic rings. The van der Waals surface area contributed by atoms with Crippen molar-refractivity contribution >= 4 is 17.4 Å². The van der Waals surface area contributed by atoms with Crippen molar-refractivity contribution in [3.05, 3.63) is 11.1 Å². The molecule has 1 aromatic rings. The minimum absolute atomic E-state index is 0.172. The largest absolute Gasteiger partial charge is 0.388 e. The van der Waals surface area contributed by atoms with E-state index in [0.717, 1.165) is 37.2 Å². The number of amides is 1. The van der Waals surface area contributed by atoms with E-state index in [1.807, 2.05) is 0 Å². The van der Waals surface area contributed by atoms with Crippen molar-refractivity contribution in [1.29, 1.82) is 0 Å². The fourth-order valence-corrected chi connectivity index (χ4v) is 2.59. The van der Waals surface area contributed by atoms with Crippen LogP contribution in [0.25, 0.3) is 0 Å². The number of rotatable bonds is 3. The number of aromatic nitrogens is 2. The smallest absolute Gasteiger partial charge is 0.275 e. The average molecular weight is 241 g/mol. The number of hydrogen-bond acceptors (Lipinski definition) is 5. The highest BCUT2D eigenvalue weighted by molar-refractivity contribution is 7.03. The van der Waals surface area contributed by atoms with Gasteiger partial charge in [0.2, 0.25) is 0 Å². The first kappa shape index (κ1) is 11.5. The fraction of sp³-hybridized carbons (Fsp3) is 0.700. The van der Waals surface area contributed by atoms with E-state index >= 15 is 0 Å². The zero-order valence-electron chi connectivity index (χ0n) is 9.22. The Morgan fingerprint density at radius 3 is 2.88 bits per heavy atom. The zero-order valence-corrected chi connectivity index (χ0v) is 10.0. The molecule has 0 spiro atoms. The van der Waals surface area contributed by atoms with Crippen LogP contribution in [0.3, 0.4) is 0 Å². The second-order valence-electron chi connectivity index (χ2n) is 4.38. The first-order valence-electron chi connectivity index (χ1n) is 5.36. The topological polar surface area (TPSA) is 66.3 Å². The summed E-state index contributed by atoms with van der Waals surface area (Å²) in [6, 6.07) is 0. The molecule has 1 aromatic heterocycles. The summed E-state index contributed by atoms with van der Waals surface area (Å²) in [6.07, 6.45) is 3.63. The molecule has 5 nitrogen and oxygen atoms in total. The quantitative estimate of drug-likeness (QED) is 0.854. The first-order chi connectivity index (χ1) is 7.61. The molecule has 6 heteroatoms. The van der Waals surface area contributed by atoms with Crippen LogP contribution >= 0.6 is 11.5 Å². The average Bonchev–Trinajstić information content (AvgIpc) is 2.87. The van der Waals surface area contributed by atoms with Crippen LogP contribution in [0.15, 0.2) is 5.38 Å². The second-order valence-corrected chi connectivity index (χ2v) is 4.99. The van der Waals surface area contributed by atoms with Crippen LogP contribution in [-0.2, 0) is 0 Å². The van der Waals surface area contributed by atoms with Crippen molar-refractivity contribution in [1.82, 2.24) is 14.5 Å². The summed E-state index contributed by atoms with van der Waals surface area (Å²) < 4.78 is 3.66. The van der Waals surface area contributed by atoms with E-state index < -0.39 is 5.60 Å². The highest BCUT2D eigenvalue weighted by Gasteiger charge is 2.33. The molecule has 0 aromatic carbocycles. The predicted molar refractivity (Wildman–Crippen MR) is 60.3 cm³/mol. The summed E-state index contributed by atoms with van der Waals surface area (Å²) >= 11 is 1.16. The van der Waals surface area contributed by atoms with Gasteiger partial charge >= 0.3 is 0 Å². The van der Waals surface area contributed by atoms with Gasteiger partial charge in [-0.1, -0.05) is 17.3 Å². The van der Waals surface area contributed by atoms with Gasteiger partial charge in [0.1, 0.15) is 0 Å². The Kier molecular flexibility index (Phi) is 3.20. The molecule has 0 aliphatic heterocycles. The van der Waals surface area contributed by atoms with E-state index in [2.05, 4.69) is 9.59 Å². The normalized spacial score (nSPS) is 18.6. The van der Waals surface area contributed by atoms with Gasteiger partial charge in [-0.05, 0) is 24.4 Å². The molecule has 16 heavy (non-hydrogen) atoms. The van der Waals surface area contributed by atoms with Crippen LogP contribution in [-0.4, -0.2) is 44.7 Å². The molecule has 2 rings (SSSR count). The van der Waals surface area contributed by atoms with E-state index in [-0.39, 0.29) is 5.91 Å². The van der Waals surface area contributed by atoms with Crippen molar-refractivity contribution in [2.24, 2.45) is 0 Å². The Labute approximate surface area is 98.2 Å². The lowest BCUT2D eigenvalue weighted by Gasteiger charge is -2.28. The fourth-order valence-electron chi connectivity index (χ4n) is 2.16. The Hall–Kier alpha value is -1.01. The third-order valence-electron chi connectivity index (χ3n) is 2.99. The highest BCUT2D eigenvalue weighted by atomic mass is 32.1. The summed E-state index contributed by atoms with van der Waals surface area (Å²) in [5.41, 5.74) is -0.345. The molecule has 88 valence electrons. The van der Waals surface area contributed by atoms with Gasteiger partial charge in [0.05, 0.1) is 5.60 Å². The molecule has 0 unspecified atom stereocenters.